The predicted octanol–water partition coefficient (Wildman–Crippen LogP) is 4.63. The third-order valence-electron chi connectivity index (χ3n) is 2.40. The summed E-state index contributed by atoms with van der Waals surface area (Å²) in [5.74, 6) is 0.131. The Morgan fingerprint density at radius 1 is 1.22 bits per heavy atom. The van der Waals surface area contributed by atoms with Gasteiger partial charge in [-0.3, -0.25) is 0 Å². The first-order valence-corrected chi connectivity index (χ1v) is 6.47. The van der Waals surface area contributed by atoms with Gasteiger partial charge in [0.25, 0.3) is 0 Å². The summed E-state index contributed by atoms with van der Waals surface area (Å²) in [5.41, 5.74) is 1.32. The van der Waals surface area contributed by atoms with E-state index in [1.807, 2.05) is 13.0 Å². The second kappa shape index (κ2) is 5.55. The van der Waals surface area contributed by atoms with Crippen LogP contribution < -0.4 is 4.74 Å². The van der Waals surface area contributed by atoms with E-state index >= 15 is 0 Å². The van der Waals surface area contributed by atoms with Crippen molar-refractivity contribution in [3.05, 3.63) is 63.1 Å². The van der Waals surface area contributed by atoms with Crippen molar-refractivity contribution in [1.29, 1.82) is 0 Å². The zero-order valence-corrected chi connectivity index (χ0v) is 12.0. The predicted molar refractivity (Wildman–Crippen MR) is 75.3 cm³/mol. The average molecular weight is 326 g/mol. The second-order valence-corrected chi connectivity index (χ2v) is 5.16. The zero-order valence-electron chi connectivity index (χ0n) is 9.61. The lowest BCUT2D eigenvalue weighted by molar-refractivity contribution is 0.0733. The third kappa shape index (κ3) is 3.12. The van der Waals surface area contributed by atoms with Gasteiger partial charge in [0.2, 0.25) is 0 Å². The summed E-state index contributed by atoms with van der Waals surface area (Å²) in [4.78, 5) is 11.9. The van der Waals surface area contributed by atoms with E-state index < -0.39 is 0 Å². The van der Waals surface area contributed by atoms with Crippen LogP contribution in [0.4, 0.5) is 0 Å². The number of hydrogen-bond donors (Lipinski definition) is 0. The van der Waals surface area contributed by atoms with Crippen molar-refractivity contribution >= 4 is 33.5 Å². The van der Waals surface area contributed by atoms with Crippen LogP contribution in [0.2, 0.25) is 5.02 Å². The second-order valence-electron chi connectivity index (χ2n) is 3.81. The van der Waals surface area contributed by atoms with E-state index in [4.69, 9.17) is 16.3 Å². The number of carbonyl (C=O) groups is 1. The van der Waals surface area contributed by atoms with Crippen LogP contribution in [0.25, 0.3) is 0 Å². The zero-order chi connectivity index (χ0) is 13.1. The third-order valence-corrected chi connectivity index (χ3v) is 3.13. The number of aryl methyl sites for hydroxylation is 1. The number of esters is 1. The van der Waals surface area contributed by atoms with Gasteiger partial charge in [-0.25, -0.2) is 4.79 Å². The van der Waals surface area contributed by atoms with Crippen LogP contribution in [-0.4, -0.2) is 5.97 Å². The van der Waals surface area contributed by atoms with E-state index in [1.54, 1.807) is 36.4 Å². The van der Waals surface area contributed by atoms with E-state index in [1.165, 1.54) is 0 Å². The van der Waals surface area contributed by atoms with Crippen molar-refractivity contribution in [2.24, 2.45) is 0 Å². The number of benzene rings is 2. The summed E-state index contributed by atoms with van der Waals surface area (Å²) in [6.45, 7) is 1.84. The minimum Gasteiger partial charge on any atom is -0.423 e. The van der Waals surface area contributed by atoms with Crippen LogP contribution in [-0.2, 0) is 0 Å². The monoisotopic (exact) mass is 324 g/mol. The maximum atomic E-state index is 11.9. The van der Waals surface area contributed by atoms with Gasteiger partial charge in [-0.05, 0) is 48.9 Å². The van der Waals surface area contributed by atoms with Crippen molar-refractivity contribution in [2.45, 2.75) is 6.92 Å². The molecule has 2 aromatic carbocycles. The van der Waals surface area contributed by atoms with E-state index in [2.05, 4.69) is 15.9 Å². The highest BCUT2D eigenvalue weighted by molar-refractivity contribution is 9.10. The van der Waals surface area contributed by atoms with Crippen LogP contribution in [0.3, 0.4) is 0 Å². The Bertz CT molecular complexity index is 596. The Morgan fingerprint density at radius 2 is 2.00 bits per heavy atom. The molecule has 0 aromatic heterocycles. The minimum atomic E-state index is -0.387. The molecule has 0 unspecified atom stereocenters. The van der Waals surface area contributed by atoms with Gasteiger partial charge in [0, 0.05) is 9.50 Å². The maximum Gasteiger partial charge on any atom is 0.343 e. The molecule has 0 bridgehead atoms. The summed E-state index contributed by atoms with van der Waals surface area (Å²) in [6, 6.07) is 12.2. The van der Waals surface area contributed by atoms with Crippen LogP contribution in [0, 0.1) is 6.92 Å². The van der Waals surface area contributed by atoms with Crippen LogP contribution >= 0.6 is 27.5 Å². The fourth-order valence-electron chi connectivity index (χ4n) is 1.50. The molecular weight excluding hydrogens is 316 g/mol. The number of halogens is 2. The van der Waals surface area contributed by atoms with Crippen LogP contribution in [0.15, 0.2) is 46.9 Å². The molecule has 0 spiro atoms. The fourth-order valence-corrected chi connectivity index (χ4v) is 2.13. The molecule has 0 N–H and O–H groups in total. The lowest BCUT2D eigenvalue weighted by Gasteiger charge is -2.07. The molecule has 0 saturated carbocycles. The molecule has 0 aliphatic heterocycles. The van der Waals surface area contributed by atoms with Crippen LogP contribution in [0.5, 0.6) is 5.75 Å². The molecule has 0 radical (unpaired) electrons. The quantitative estimate of drug-likeness (QED) is 0.594. The standard InChI is InChI=1S/C14H10BrClO2/c1-9-7-12(16)5-6-13(9)18-14(17)10-3-2-4-11(15)8-10/h2-8H,1H3. The first-order valence-electron chi connectivity index (χ1n) is 5.30. The van der Waals surface area contributed by atoms with E-state index in [9.17, 15) is 4.79 Å². The molecule has 2 nitrogen and oxygen atoms in total. The molecule has 0 aliphatic rings. The van der Waals surface area contributed by atoms with Gasteiger partial charge < -0.3 is 4.74 Å². The van der Waals surface area contributed by atoms with Gasteiger partial charge in [-0.15, -0.1) is 0 Å². The molecule has 0 atom stereocenters. The molecule has 0 saturated heterocycles. The molecular formula is C14H10BrClO2. The van der Waals surface area contributed by atoms with Gasteiger partial charge in [0.1, 0.15) is 5.75 Å². The Labute approximate surface area is 119 Å². The summed E-state index contributed by atoms with van der Waals surface area (Å²) in [7, 11) is 0. The molecule has 0 aliphatic carbocycles. The normalized spacial score (nSPS) is 10.2. The first kappa shape index (κ1) is 13.1. The minimum absolute atomic E-state index is 0.387. The Hall–Kier alpha value is -1.32. The van der Waals surface area contributed by atoms with Gasteiger partial charge >= 0.3 is 5.97 Å². The van der Waals surface area contributed by atoms with E-state index in [-0.39, 0.29) is 5.97 Å². The van der Waals surface area contributed by atoms with Gasteiger partial charge in [-0.1, -0.05) is 33.6 Å². The number of carbonyl (C=O) groups excluding carboxylic acids is 1. The highest BCUT2D eigenvalue weighted by Gasteiger charge is 2.10. The molecule has 0 fully saturated rings. The van der Waals surface area contributed by atoms with Gasteiger partial charge in [0.05, 0.1) is 5.56 Å². The smallest absolute Gasteiger partial charge is 0.343 e. The van der Waals surface area contributed by atoms with Gasteiger partial charge in [0.15, 0.2) is 0 Å². The topological polar surface area (TPSA) is 26.3 Å². The lowest BCUT2D eigenvalue weighted by Crippen LogP contribution is -2.09. The number of rotatable bonds is 2. The molecule has 0 heterocycles. The molecule has 0 amide bonds. The van der Waals surface area contributed by atoms with Crippen molar-refractivity contribution in [3.63, 3.8) is 0 Å². The summed E-state index contributed by atoms with van der Waals surface area (Å²) >= 11 is 9.16. The summed E-state index contributed by atoms with van der Waals surface area (Å²) in [6.07, 6.45) is 0. The highest BCUT2D eigenvalue weighted by Crippen LogP contribution is 2.23. The SMILES string of the molecule is Cc1cc(Cl)ccc1OC(=O)c1cccc(Br)c1. The van der Waals surface area contributed by atoms with E-state index in [0.717, 1.165) is 10.0 Å². The Kier molecular flexibility index (Phi) is 4.04. The Balaban J connectivity index is 2.21. The van der Waals surface area contributed by atoms with E-state index in [0.29, 0.717) is 16.3 Å². The average Bonchev–Trinajstić information content (AvgIpc) is 2.32. The summed E-state index contributed by atoms with van der Waals surface area (Å²) < 4.78 is 6.16. The molecule has 2 rings (SSSR count). The maximum absolute atomic E-state index is 11.9. The highest BCUT2D eigenvalue weighted by atomic mass is 79.9. The summed E-state index contributed by atoms with van der Waals surface area (Å²) in [5, 5.41) is 0.620. The van der Waals surface area contributed by atoms with Crippen molar-refractivity contribution in [1.82, 2.24) is 0 Å². The van der Waals surface area contributed by atoms with Crippen molar-refractivity contribution in [3.8, 4) is 5.75 Å². The van der Waals surface area contributed by atoms with Crippen molar-refractivity contribution < 1.29 is 9.53 Å². The van der Waals surface area contributed by atoms with Crippen LogP contribution in [0.1, 0.15) is 15.9 Å². The fraction of sp³-hybridized carbons (Fsp3) is 0.0714. The lowest BCUT2D eigenvalue weighted by atomic mass is 10.2. The first-order chi connectivity index (χ1) is 8.56. The largest absolute Gasteiger partial charge is 0.423 e. The Morgan fingerprint density at radius 3 is 2.67 bits per heavy atom. The molecule has 4 heteroatoms. The van der Waals surface area contributed by atoms with Gasteiger partial charge in [-0.2, -0.15) is 0 Å². The molecule has 18 heavy (non-hydrogen) atoms. The van der Waals surface area contributed by atoms with Crippen molar-refractivity contribution in [2.75, 3.05) is 0 Å². The molecule has 92 valence electrons. The number of hydrogen-bond acceptors (Lipinski definition) is 2. The molecule has 2 aromatic rings. The number of ether oxygens (including phenoxy) is 1.